The van der Waals surface area contributed by atoms with Crippen LogP contribution in [0.4, 0.5) is 4.39 Å². The Morgan fingerprint density at radius 2 is 1.89 bits per heavy atom. The molecule has 0 amide bonds. The van der Waals surface area contributed by atoms with Crippen molar-refractivity contribution in [3.05, 3.63) is 46.1 Å². The van der Waals surface area contributed by atoms with Crippen molar-refractivity contribution in [2.24, 2.45) is 0 Å². The molecule has 0 spiro atoms. The highest BCUT2D eigenvalue weighted by molar-refractivity contribution is 6.30. The zero-order chi connectivity index (χ0) is 13.6. The fraction of sp³-hybridized carbons (Fsp3) is 0.333. The minimum atomic E-state index is -0.223. The first-order chi connectivity index (χ1) is 9.08. The molecule has 98 valence electrons. The van der Waals surface area contributed by atoms with Crippen LogP contribution in [0.25, 0.3) is 11.3 Å². The third-order valence-electron chi connectivity index (χ3n) is 3.57. The Morgan fingerprint density at radius 3 is 2.58 bits per heavy atom. The minimum Gasteiger partial charge on any atom is -0.232 e. The van der Waals surface area contributed by atoms with Crippen LogP contribution in [-0.2, 0) is 0 Å². The number of hydrogen-bond donors (Lipinski definition) is 0. The Balaban J connectivity index is 2.20. The number of benzene rings is 1. The van der Waals surface area contributed by atoms with E-state index in [0.29, 0.717) is 16.6 Å². The normalized spacial score (nSPS) is 14.7. The van der Waals surface area contributed by atoms with Crippen molar-refractivity contribution in [3.8, 4) is 11.3 Å². The molecule has 0 unspecified atom stereocenters. The highest BCUT2D eigenvalue weighted by Crippen LogP contribution is 2.40. The molecule has 1 aromatic heterocycles. The predicted octanol–water partition coefficient (Wildman–Crippen LogP) is 4.43. The van der Waals surface area contributed by atoms with E-state index in [9.17, 15) is 4.39 Å². The summed E-state index contributed by atoms with van der Waals surface area (Å²) in [6.07, 6.45) is 2.22. The van der Waals surface area contributed by atoms with Crippen LogP contribution >= 0.6 is 11.6 Å². The van der Waals surface area contributed by atoms with E-state index in [-0.39, 0.29) is 5.82 Å². The fourth-order valence-corrected chi connectivity index (χ4v) is 2.33. The highest BCUT2D eigenvalue weighted by atomic mass is 35.5. The van der Waals surface area contributed by atoms with Gasteiger partial charge >= 0.3 is 0 Å². The standard InChI is InChI=1S/C15H14ClFN2/c1-8-11(4-3-5-12(8)17)13-9(2)14(16)19-15(18-13)10-6-7-10/h3-5,10H,6-7H2,1-2H3. The van der Waals surface area contributed by atoms with Gasteiger partial charge in [-0.15, -0.1) is 0 Å². The maximum atomic E-state index is 13.7. The minimum absolute atomic E-state index is 0.223. The van der Waals surface area contributed by atoms with E-state index in [1.165, 1.54) is 6.07 Å². The lowest BCUT2D eigenvalue weighted by atomic mass is 10.0. The van der Waals surface area contributed by atoms with Gasteiger partial charge in [0.15, 0.2) is 0 Å². The third kappa shape index (κ3) is 2.23. The molecule has 2 nitrogen and oxygen atoms in total. The van der Waals surface area contributed by atoms with Crippen LogP contribution in [0.1, 0.15) is 35.7 Å². The number of halogens is 2. The Hall–Kier alpha value is -1.48. The van der Waals surface area contributed by atoms with E-state index >= 15 is 0 Å². The lowest BCUT2D eigenvalue weighted by molar-refractivity contribution is 0.619. The van der Waals surface area contributed by atoms with Crippen LogP contribution in [0.15, 0.2) is 18.2 Å². The van der Waals surface area contributed by atoms with Gasteiger partial charge in [-0.2, -0.15) is 0 Å². The van der Waals surface area contributed by atoms with Gasteiger partial charge < -0.3 is 0 Å². The molecule has 1 saturated carbocycles. The number of aromatic nitrogens is 2. The number of nitrogens with zero attached hydrogens (tertiary/aromatic N) is 2. The molecule has 19 heavy (non-hydrogen) atoms. The predicted molar refractivity (Wildman–Crippen MR) is 73.9 cm³/mol. The molecule has 0 N–H and O–H groups in total. The highest BCUT2D eigenvalue weighted by Gasteiger charge is 2.28. The zero-order valence-corrected chi connectivity index (χ0v) is 11.6. The summed E-state index contributed by atoms with van der Waals surface area (Å²) in [5, 5.41) is 0.468. The number of hydrogen-bond acceptors (Lipinski definition) is 2. The molecule has 4 heteroatoms. The molecular formula is C15H14ClFN2. The topological polar surface area (TPSA) is 25.8 Å². The van der Waals surface area contributed by atoms with Crippen LogP contribution in [0.2, 0.25) is 5.15 Å². The first kappa shape index (κ1) is 12.5. The number of rotatable bonds is 2. The summed E-state index contributed by atoms with van der Waals surface area (Å²) in [4.78, 5) is 8.94. The summed E-state index contributed by atoms with van der Waals surface area (Å²) in [7, 11) is 0. The van der Waals surface area contributed by atoms with Crippen molar-refractivity contribution in [1.29, 1.82) is 0 Å². The molecule has 0 bridgehead atoms. The maximum Gasteiger partial charge on any atom is 0.136 e. The van der Waals surface area contributed by atoms with Gasteiger partial charge in [-0.25, -0.2) is 14.4 Å². The summed E-state index contributed by atoms with van der Waals surface area (Å²) in [5.74, 6) is 0.986. The molecule has 0 atom stereocenters. The van der Waals surface area contributed by atoms with Crippen LogP contribution in [-0.4, -0.2) is 9.97 Å². The SMILES string of the molecule is Cc1c(F)cccc1-c1nc(C2CC2)nc(Cl)c1C. The summed E-state index contributed by atoms with van der Waals surface area (Å²) in [6.45, 7) is 3.63. The van der Waals surface area contributed by atoms with Gasteiger partial charge in [0.2, 0.25) is 0 Å². The van der Waals surface area contributed by atoms with Gasteiger partial charge in [0, 0.05) is 17.0 Å². The first-order valence-corrected chi connectivity index (χ1v) is 6.75. The third-order valence-corrected chi connectivity index (χ3v) is 3.94. The van der Waals surface area contributed by atoms with E-state index in [1.807, 2.05) is 13.0 Å². The largest absolute Gasteiger partial charge is 0.232 e. The fourth-order valence-electron chi connectivity index (χ4n) is 2.16. The van der Waals surface area contributed by atoms with Crippen molar-refractivity contribution in [3.63, 3.8) is 0 Å². The quantitative estimate of drug-likeness (QED) is 0.758. The Morgan fingerprint density at radius 1 is 1.16 bits per heavy atom. The van der Waals surface area contributed by atoms with Crippen LogP contribution in [0.5, 0.6) is 0 Å². The van der Waals surface area contributed by atoms with E-state index in [4.69, 9.17) is 11.6 Å². The lowest BCUT2D eigenvalue weighted by Gasteiger charge is -2.11. The van der Waals surface area contributed by atoms with Crippen LogP contribution in [0.3, 0.4) is 0 Å². The van der Waals surface area contributed by atoms with E-state index < -0.39 is 0 Å². The second kappa shape index (κ2) is 4.57. The van der Waals surface area contributed by atoms with Crippen molar-refractivity contribution >= 4 is 11.6 Å². The molecule has 1 aliphatic carbocycles. The van der Waals surface area contributed by atoms with Crippen molar-refractivity contribution in [2.75, 3.05) is 0 Å². The lowest BCUT2D eigenvalue weighted by Crippen LogP contribution is -2.01. The molecule has 0 radical (unpaired) electrons. The summed E-state index contributed by atoms with van der Waals surface area (Å²) < 4.78 is 13.7. The van der Waals surface area contributed by atoms with Gasteiger partial charge in [0.1, 0.15) is 16.8 Å². The van der Waals surface area contributed by atoms with E-state index in [1.54, 1.807) is 13.0 Å². The smallest absolute Gasteiger partial charge is 0.136 e. The summed E-state index contributed by atoms with van der Waals surface area (Å²) in [5.41, 5.74) is 2.95. The molecule has 1 fully saturated rings. The van der Waals surface area contributed by atoms with Crippen molar-refractivity contribution in [2.45, 2.75) is 32.6 Å². The van der Waals surface area contributed by atoms with Gasteiger partial charge in [-0.3, -0.25) is 0 Å². The molecule has 3 rings (SSSR count). The average molecular weight is 277 g/mol. The molecule has 2 aromatic rings. The van der Waals surface area contributed by atoms with Crippen LogP contribution in [0, 0.1) is 19.7 Å². The second-order valence-corrected chi connectivity index (χ2v) is 5.39. The van der Waals surface area contributed by atoms with Gasteiger partial charge in [-0.05, 0) is 38.3 Å². The average Bonchev–Trinajstić information content (AvgIpc) is 3.20. The van der Waals surface area contributed by atoms with Gasteiger partial charge in [0.25, 0.3) is 0 Å². The molecule has 0 aliphatic heterocycles. The second-order valence-electron chi connectivity index (χ2n) is 5.03. The maximum absolute atomic E-state index is 13.7. The van der Waals surface area contributed by atoms with Gasteiger partial charge in [0.05, 0.1) is 5.69 Å². The molecule has 1 aliphatic rings. The Labute approximate surface area is 116 Å². The van der Waals surface area contributed by atoms with Crippen molar-refractivity contribution in [1.82, 2.24) is 9.97 Å². The van der Waals surface area contributed by atoms with Gasteiger partial charge in [-0.1, -0.05) is 23.7 Å². The molecule has 1 aromatic carbocycles. The Bertz CT molecular complexity index is 651. The molecular weight excluding hydrogens is 263 g/mol. The van der Waals surface area contributed by atoms with Crippen molar-refractivity contribution < 1.29 is 4.39 Å². The molecule has 0 saturated heterocycles. The summed E-state index contributed by atoms with van der Waals surface area (Å²) >= 11 is 6.19. The van der Waals surface area contributed by atoms with E-state index in [2.05, 4.69) is 9.97 Å². The zero-order valence-electron chi connectivity index (χ0n) is 10.9. The Kier molecular flexibility index (Phi) is 3.02. The first-order valence-electron chi connectivity index (χ1n) is 6.37. The molecule has 1 heterocycles. The monoisotopic (exact) mass is 276 g/mol. The van der Waals surface area contributed by atoms with E-state index in [0.717, 1.165) is 35.5 Å². The summed E-state index contributed by atoms with van der Waals surface area (Å²) in [6, 6.07) is 5.03. The van der Waals surface area contributed by atoms with Crippen LogP contribution < -0.4 is 0 Å².